The number of likely N-dealkylation sites (tertiary alicyclic amines) is 1. The van der Waals surface area contributed by atoms with Crippen LogP contribution in [0.25, 0.3) is 0 Å². The molecule has 104 valence electrons. The summed E-state index contributed by atoms with van der Waals surface area (Å²) in [7, 11) is 0. The van der Waals surface area contributed by atoms with Gasteiger partial charge in [0.15, 0.2) is 0 Å². The van der Waals surface area contributed by atoms with Crippen LogP contribution in [-0.4, -0.2) is 42.2 Å². The highest BCUT2D eigenvalue weighted by Gasteiger charge is 2.23. The minimum absolute atomic E-state index is 0.155. The lowest BCUT2D eigenvalue weighted by molar-refractivity contribution is -0.117. The quantitative estimate of drug-likeness (QED) is 0.886. The second-order valence-corrected chi connectivity index (χ2v) is 5.15. The van der Waals surface area contributed by atoms with Crippen molar-refractivity contribution in [1.82, 2.24) is 4.90 Å². The largest absolute Gasteiger partial charge is 0.396 e. The van der Waals surface area contributed by atoms with Crippen LogP contribution in [0.5, 0.6) is 0 Å². The lowest BCUT2D eigenvalue weighted by atomic mass is 10.1. The summed E-state index contributed by atoms with van der Waals surface area (Å²) in [6, 6.07) is 3.85. The standard InChI is InChI=1S/C13H16ClFN2O2/c14-11-5-10(15)1-2-12(11)16-13(19)7-17-4-3-9(6-17)8-18/h1-2,5,9,18H,3-4,6-8H2,(H,16,19). The third kappa shape index (κ3) is 3.89. The van der Waals surface area contributed by atoms with E-state index < -0.39 is 5.82 Å². The number of amides is 1. The molecule has 1 saturated heterocycles. The predicted octanol–water partition coefficient (Wildman–Crippen LogP) is 1.73. The summed E-state index contributed by atoms with van der Waals surface area (Å²) in [4.78, 5) is 13.8. The summed E-state index contributed by atoms with van der Waals surface area (Å²) in [5.74, 6) is -0.373. The smallest absolute Gasteiger partial charge is 0.238 e. The Hall–Kier alpha value is -1.17. The molecule has 1 fully saturated rings. The second kappa shape index (κ2) is 6.32. The summed E-state index contributed by atoms with van der Waals surface area (Å²) in [5, 5.41) is 11.9. The normalized spacial score (nSPS) is 19.6. The summed E-state index contributed by atoms with van der Waals surface area (Å²) in [5.41, 5.74) is 0.408. The van der Waals surface area contributed by atoms with Gasteiger partial charge in [-0.25, -0.2) is 4.39 Å². The molecule has 1 aromatic rings. The van der Waals surface area contributed by atoms with E-state index in [9.17, 15) is 9.18 Å². The van der Waals surface area contributed by atoms with Gasteiger partial charge < -0.3 is 10.4 Å². The number of anilines is 1. The SMILES string of the molecule is O=C(CN1CCC(CO)C1)Nc1ccc(F)cc1Cl. The molecule has 1 atom stereocenters. The van der Waals surface area contributed by atoms with E-state index in [2.05, 4.69) is 5.32 Å². The molecular formula is C13H16ClFN2O2. The van der Waals surface area contributed by atoms with E-state index in [1.807, 2.05) is 4.90 Å². The molecule has 0 aromatic heterocycles. The molecule has 19 heavy (non-hydrogen) atoms. The Morgan fingerprint density at radius 3 is 3.00 bits per heavy atom. The average Bonchev–Trinajstić information content (AvgIpc) is 2.80. The number of halogens is 2. The molecule has 4 nitrogen and oxygen atoms in total. The maximum Gasteiger partial charge on any atom is 0.238 e. The summed E-state index contributed by atoms with van der Waals surface area (Å²) >= 11 is 5.83. The topological polar surface area (TPSA) is 52.6 Å². The Labute approximate surface area is 116 Å². The van der Waals surface area contributed by atoms with Gasteiger partial charge in [0.05, 0.1) is 17.3 Å². The molecule has 1 heterocycles. The van der Waals surface area contributed by atoms with Crippen LogP contribution in [-0.2, 0) is 4.79 Å². The molecular weight excluding hydrogens is 271 g/mol. The number of carbonyl (C=O) groups excluding carboxylic acids is 1. The van der Waals surface area contributed by atoms with Crippen LogP contribution in [0.3, 0.4) is 0 Å². The fourth-order valence-corrected chi connectivity index (χ4v) is 2.40. The molecule has 1 aromatic carbocycles. The molecule has 0 saturated carbocycles. The summed E-state index contributed by atoms with van der Waals surface area (Å²) < 4.78 is 12.9. The molecule has 6 heteroatoms. The van der Waals surface area contributed by atoms with Crippen LogP contribution in [0.15, 0.2) is 18.2 Å². The van der Waals surface area contributed by atoms with E-state index in [0.717, 1.165) is 25.6 Å². The monoisotopic (exact) mass is 286 g/mol. The first-order chi connectivity index (χ1) is 9.08. The highest BCUT2D eigenvalue weighted by molar-refractivity contribution is 6.33. The molecule has 1 aliphatic rings. The van der Waals surface area contributed by atoms with Gasteiger partial charge in [0.2, 0.25) is 5.91 Å². The Kier molecular flexibility index (Phi) is 4.74. The van der Waals surface area contributed by atoms with Crippen molar-refractivity contribution in [3.05, 3.63) is 29.0 Å². The minimum Gasteiger partial charge on any atom is -0.396 e. The zero-order chi connectivity index (χ0) is 13.8. The Bertz CT molecular complexity index is 470. The van der Waals surface area contributed by atoms with Gasteiger partial charge in [-0.05, 0) is 37.1 Å². The van der Waals surface area contributed by atoms with E-state index in [1.165, 1.54) is 12.1 Å². The van der Waals surface area contributed by atoms with Crippen molar-refractivity contribution < 1.29 is 14.3 Å². The van der Waals surface area contributed by atoms with Crippen LogP contribution < -0.4 is 5.32 Å². The summed E-state index contributed by atoms with van der Waals surface area (Å²) in [6.07, 6.45) is 0.904. The van der Waals surface area contributed by atoms with Crippen molar-refractivity contribution in [2.75, 3.05) is 31.6 Å². The lowest BCUT2D eigenvalue weighted by Crippen LogP contribution is -2.32. The van der Waals surface area contributed by atoms with Crippen molar-refractivity contribution in [3.8, 4) is 0 Å². The van der Waals surface area contributed by atoms with Crippen molar-refractivity contribution in [2.24, 2.45) is 5.92 Å². The highest BCUT2D eigenvalue weighted by Crippen LogP contribution is 2.22. The maximum atomic E-state index is 12.9. The molecule has 0 spiro atoms. The van der Waals surface area contributed by atoms with Gasteiger partial charge in [-0.15, -0.1) is 0 Å². The first kappa shape index (κ1) is 14.2. The minimum atomic E-state index is -0.437. The van der Waals surface area contributed by atoms with E-state index in [1.54, 1.807) is 0 Å². The number of rotatable bonds is 4. The van der Waals surface area contributed by atoms with Gasteiger partial charge >= 0.3 is 0 Å². The highest BCUT2D eigenvalue weighted by atomic mass is 35.5. The molecule has 0 radical (unpaired) electrons. The van der Waals surface area contributed by atoms with E-state index >= 15 is 0 Å². The number of carbonyl (C=O) groups is 1. The molecule has 1 amide bonds. The molecule has 1 unspecified atom stereocenters. The molecule has 0 aliphatic carbocycles. The summed E-state index contributed by atoms with van der Waals surface area (Å²) in [6.45, 7) is 1.93. The first-order valence-electron chi connectivity index (χ1n) is 6.16. The number of hydrogen-bond acceptors (Lipinski definition) is 3. The zero-order valence-corrected chi connectivity index (χ0v) is 11.2. The Morgan fingerprint density at radius 1 is 1.58 bits per heavy atom. The van der Waals surface area contributed by atoms with Gasteiger partial charge in [0, 0.05) is 13.2 Å². The van der Waals surface area contributed by atoms with Crippen LogP contribution >= 0.6 is 11.6 Å². The number of benzene rings is 1. The third-order valence-electron chi connectivity index (χ3n) is 3.20. The Balaban J connectivity index is 1.87. The number of aliphatic hydroxyl groups excluding tert-OH is 1. The molecule has 1 aliphatic heterocycles. The van der Waals surface area contributed by atoms with Crippen molar-refractivity contribution >= 4 is 23.2 Å². The fourth-order valence-electron chi connectivity index (χ4n) is 2.19. The van der Waals surface area contributed by atoms with Gasteiger partial charge in [0.25, 0.3) is 0 Å². The lowest BCUT2D eigenvalue weighted by Gasteiger charge is -2.15. The van der Waals surface area contributed by atoms with Gasteiger partial charge in [0.1, 0.15) is 5.82 Å². The van der Waals surface area contributed by atoms with Crippen LogP contribution in [0.1, 0.15) is 6.42 Å². The number of nitrogens with one attached hydrogen (secondary N) is 1. The predicted molar refractivity (Wildman–Crippen MR) is 71.7 cm³/mol. The van der Waals surface area contributed by atoms with E-state index in [0.29, 0.717) is 5.69 Å². The van der Waals surface area contributed by atoms with E-state index in [4.69, 9.17) is 16.7 Å². The van der Waals surface area contributed by atoms with Gasteiger partial charge in [-0.3, -0.25) is 9.69 Å². The Morgan fingerprint density at radius 2 is 2.37 bits per heavy atom. The van der Waals surface area contributed by atoms with Crippen LogP contribution in [0.4, 0.5) is 10.1 Å². The third-order valence-corrected chi connectivity index (χ3v) is 3.51. The van der Waals surface area contributed by atoms with Gasteiger partial charge in [-0.2, -0.15) is 0 Å². The van der Waals surface area contributed by atoms with E-state index in [-0.39, 0.29) is 30.0 Å². The van der Waals surface area contributed by atoms with Crippen molar-refractivity contribution in [2.45, 2.75) is 6.42 Å². The van der Waals surface area contributed by atoms with Crippen molar-refractivity contribution in [3.63, 3.8) is 0 Å². The van der Waals surface area contributed by atoms with Crippen LogP contribution in [0.2, 0.25) is 5.02 Å². The zero-order valence-electron chi connectivity index (χ0n) is 10.4. The molecule has 2 N–H and O–H groups in total. The van der Waals surface area contributed by atoms with Gasteiger partial charge in [-0.1, -0.05) is 11.6 Å². The number of hydrogen-bond donors (Lipinski definition) is 2. The second-order valence-electron chi connectivity index (χ2n) is 4.74. The molecule has 0 bridgehead atoms. The first-order valence-corrected chi connectivity index (χ1v) is 6.54. The van der Waals surface area contributed by atoms with Crippen molar-refractivity contribution in [1.29, 1.82) is 0 Å². The maximum absolute atomic E-state index is 12.9. The van der Waals surface area contributed by atoms with Crippen LogP contribution in [0, 0.1) is 11.7 Å². The fraction of sp³-hybridized carbons (Fsp3) is 0.462. The average molecular weight is 287 g/mol. The molecule has 2 rings (SSSR count). The number of aliphatic hydroxyl groups is 1. The number of nitrogens with zero attached hydrogens (tertiary/aromatic N) is 1.